The Bertz CT molecular complexity index is 472. The van der Waals surface area contributed by atoms with Gasteiger partial charge in [0.15, 0.2) is 0 Å². The highest BCUT2D eigenvalue weighted by Crippen LogP contribution is 2.58. The third-order valence-corrected chi connectivity index (χ3v) is 6.71. The highest BCUT2D eigenvalue weighted by atomic mass is 79.9. The first-order valence-electron chi connectivity index (χ1n) is 7.79. The average Bonchev–Trinajstić information content (AvgIpc) is 3.10. The number of halogens is 1. The zero-order valence-corrected chi connectivity index (χ0v) is 12.9. The summed E-state index contributed by atoms with van der Waals surface area (Å²) in [5.74, 6) is 4.20. The summed E-state index contributed by atoms with van der Waals surface area (Å²) >= 11 is 3.65. The highest BCUT2D eigenvalue weighted by Gasteiger charge is 2.53. The molecule has 3 aliphatic carbocycles. The molecule has 3 fully saturated rings. The molecule has 19 heavy (non-hydrogen) atoms. The Hall–Kier alpha value is -0.340. The second kappa shape index (κ2) is 4.89. The van der Waals surface area contributed by atoms with Crippen molar-refractivity contribution >= 4 is 15.9 Å². The standard InChI is InChI=1S/C17H22BrN/c18-16-7-2-1-4-11(16)10-19-17-9-12-8-15(17)14-6-3-5-13(12)14/h1-2,4,7,12-15,17,19H,3,5-6,8-10H2. The van der Waals surface area contributed by atoms with E-state index in [4.69, 9.17) is 0 Å². The molecular formula is C17H22BrN. The summed E-state index contributed by atoms with van der Waals surface area (Å²) in [6, 6.07) is 9.38. The van der Waals surface area contributed by atoms with Gasteiger partial charge in [0.2, 0.25) is 0 Å². The third kappa shape index (κ3) is 2.08. The van der Waals surface area contributed by atoms with Crippen LogP contribution in [0.3, 0.4) is 0 Å². The second-order valence-corrected chi connectivity index (χ2v) is 7.59. The first-order valence-corrected chi connectivity index (χ1v) is 8.59. The van der Waals surface area contributed by atoms with Gasteiger partial charge in [0.25, 0.3) is 0 Å². The number of rotatable bonds is 3. The minimum atomic E-state index is 0.788. The van der Waals surface area contributed by atoms with Crippen LogP contribution in [-0.4, -0.2) is 6.04 Å². The average molecular weight is 320 g/mol. The van der Waals surface area contributed by atoms with Gasteiger partial charge in [-0.15, -0.1) is 0 Å². The van der Waals surface area contributed by atoms with Crippen molar-refractivity contribution in [3.05, 3.63) is 34.3 Å². The number of hydrogen-bond acceptors (Lipinski definition) is 1. The predicted octanol–water partition coefficient (Wildman–Crippen LogP) is 4.36. The van der Waals surface area contributed by atoms with Crippen LogP contribution in [0, 0.1) is 23.7 Å². The fourth-order valence-electron chi connectivity index (χ4n) is 5.19. The lowest BCUT2D eigenvalue weighted by atomic mass is 9.79. The largest absolute Gasteiger partial charge is 0.310 e. The van der Waals surface area contributed by atoms with E-state index in [0.717, 1.165) is 36.3 Å². The van der Waals surface area contributed by atoms with Gasteiger partial charge in [-0.25, -0.2) is 0 Å². The van der Waals surface area contributed by atoms with Crippen LogP contribution in [0.5, 0.6) is 0 Å². The van der Waals surface area contributed by atoms with Crippen molar-refractivity contribution in [3.8, 4) is 0 Å². The second-order valence-electron chi connectivity index (χ2n) is 6.73. The lowest BCUT2D eigenvalue weighted by molar-refractivity contribution is 0.208. The lowest BCUT2D eigenvalue weighted by Crippen LogP contribution is -2.38. The smallest absolute Gasteiger partial charge is 0.0220 e. The molecule has 0 amide bonds. The molecular weight excluding hydrogens is 298 g/mol. The van der Waals surface area contributed by atoms with Gasteiger partial charge in [-0.05, 0) is 61.0 Å². The zero-order valence-electron chi connectivity index (χ0n) is 11.3. The maximum absolute atomic E-state index is 3.85. The van der Waals surface area contributed by atoms with Crippen LogP contribution in [-0.2, 0) is 6.54 Å². The normalized spacial score (nSPS) is 39.7. The molecule has 0 radical (unpaired) electrons. The predicted molar refractivity (Wildman–Crippen MR) is 81.8 cm³/mol. The summed E-state index contributed by atoms with van der Waals surface area (Å²) in [7, 11) is 0. The number of hydrogen-bond donors (Lipinski definition) is 1. The molecule has 4 rings (SSSR count). The summed E-state index contributed by atoms with van der Waals surface area (Å²) in [6.07, 6.45) is 7.50. The molecule has 2 bridgehead atoms. The van der Waals surface area contributed by atoms with Crippen molar-refractivity contribution in [1.82, 2.24) is 5.32 Å². The number of nitrogens with one attached hydrogen (secondary N) is 1. The van der Waals surface area contributed by atoms with E-state index in [1.807, 2.05) is 0 Å². The Morgan fingerprint density at radius 1 is 1.05 bits per heavy atom. The van der Waals surface area contributed by atoms with Crippen LogP contribution < -0.4 is 5.32 Å². The third-order valence-electron chi connectivity index (χ3n) is 5.94. The van der Waals surface area contributed by atoms with E-state index in [2.05, 4.69) is 45.5 Å². The SMILES string of the molecule is Brc1ccccc1CNC1CC2CC1C1CCCC21. The van der Waals surface area contributed by atoms with E-state index in [1.165, 1.54) is 42.1 Å². The van der Waals surface area contributed by atoms with E-state index >= 15 is 0 Å². The van der Waals surface area contributed by atoms with Crippen molar-refractivity contribution in [2.45, 2.75) is 44.7 Å². The van der Waals surface area contributed by atoms with Crippen LogP contribution in [0.4, 0.5) is 0 Å². The molecule has 2 heteroatoms. The van der Waals surface area contributed by atoms with Gasteiger partial charge in [0, 0.05) is 17.1 Å². The molecule has 5 unspecified atom stereocenters. The van der Waals surface area contributed by atoms with E-state index in [9.17, 15) is 0 Å². The molecule has 102 valence electrons. The topological polar surface area (TPSA) is 12.0 Å². The van der Waals surface area contributed by atoms with Gasteiger partial charge in [-0.2, -0.15) is 0 Å². The van der Waals surface area contributed by atoms with Crippen molar-refractivity contribution in [2.24, 2.45) is 23.7 Å². The summed E-state index contributed by atoms with van der Waals surface area (Å²) < 4.78 is 1.24. The minimum Gasteiger partial charge on any atom is -0.310 e. The van der Waals surface area contributed by atoms with Gasteiger partial charge < -0.3 is 5.32 Å². The van der Waals surface area contributed by atoms with Gasteiger partial charge >= 0.3 is 0 Å². The Morgan fingerprint density at radius 3 is 2.79 bits per heavy atom. The molecule has 1 nitrogen and oxygen atoms in total. The van der Waals surface area contributed by atoms with Crippen LogP contribution in [0.2, 0.25) is 0 Å². The van der Waals surface area contributed by atoms with Crippen LogP contribution in [0.15, 0.2) is 28.7 Å². The fraction of sp³-hybridized carbons (Fsp3) is 0.647. The lowest BCUT2D eigenvalue weighted by Gasteiger charge is -2.32. The molecule has 0 aromatic heterocycles. The molecule has 5 atom stereocenters. The summed E-state index contributed by atoms with van der Waals surface area (Å²) in [5.41, 5.74) is 1.40. The summed E-state index contributed by atoms with van der Waals surface area (Å²) in [6.45, 7) is 1.02. The van der Waals surface area contributed by atoms with Gasteiger partial charge in [-0.3, -0.25) is 0 Å². The summed E-state index contributed by atoms with van der Waals surface area (Å²) in [4.78, 5) is 0. The van der Waals surface area contributed by atoms with E-state index in [0.29, 0.717) is 0 Å². The Balaban J connectivity index is 1.41. The van der Waals surface area contributed by atoms with Crippen LogP contribution in [0.1, 0.15) is 37.7 Å². The molecule has 1 aromatic rings. The van der Waals surface area contributed by atoms with Crippen LogP contribution >= 0.6 is 15.9 Å². The van der Waals surface area contributed by atoms with Crippen molar-refractivity contribution in [3.63, 3.8) is 0 Å². The molecule has 0 spiro atoms. The first kappa shape index (κ1) is 12.4. The van der Waals surface area contributed by atoms with Gasteiger partial charge in [-0.1, -0.05) is 40.5 Å². The first-order chi connectivity index (χ1) is 9.33. The molecule has 0 heterocycles. The molecule has 0 saturated heterocycles. The van der Waals surface area contributed by atoms with Gasteiger partial charge in [0.1, 0.15) is 0 Å². The Labute approximate surface area is 124 Å². The van der Waals surface area contributed by atoms with E-state index < -0.39 is 0 Å². The van der Waals surface area contributed by atoms with Crippen molar-refractivity contribution < 1.29 is 0 Å². The van der Waals surface area contributed by atoms with Crippen molar-refractivity contribution in [2.75, 3.05) is 0 Å². The molecule has 3 aliphatic rings. The Morgan fingerprint density at radius 2 is 1.89 bits per heavy atom. The molecule has 1 aromatic carbocycles. The van der Waals surface area contributed by atoms with Crippen LogP contribution in [0.25, 0.3) is 0 Å². The van der Waals surface area contributed by atoms with Gasteiger partial charge in [0.05, 0.1) is 0 Å². The Kier molecular flexibility index (Phi) is 3.19. The van der Waals surface area contributed by atoms with E-state index in [-0.39, 0.29) is 0 Å². The quantitative estimate of drug-likeness (QED) is 0.872. The van der Waals surface area contributed by atoms with E-state index in [1.54, 1.807) is 0 Å². The van der Waals surface area contributed by atoms with Crippen molar-refractivity contribution in [1.29, 1.82) is 0 Å². The molecule has 0 aliphatic heterocycles. The molecule has 1 N–H and O–H groups in total. The molecule has 3 saturated carbocycles. The number of fused-ring (bicyclic) bond motifs is 5. The summed E-state index contributed by atoms with van der Waals surface area (Å²) in [5, 5.41) is 3.85. The minimum absolute atomic E-state index is 0.788. The monoisotopic (exact) mass is 319 g/mol. The maximum Gasteiger partial charge on any atom is 0.0220 e. The maximum atomic E-state index is 3.85. The highest BCUT2D eigenvalue weighted by molar-refractivity contribution is 9.10. The number of benzene rings is 1. The zero-order chi connectivity index (χ0) is 12.8. The fourth-order valence-corrected chi connectivity index (χ4v) is 5.61.